The van der Waals surface area contributed by atoms with Crippen LogP contribution in [-0.2, 0) is 4.74 Å². The lowest BCUT2D eigenvalue weighted by Gasteiger charge is -2.09. The van der Waals surface area contributed by atoms with Crippen LogP contribution in [0.25, 0.3) is 0 Å². The number of alkyl halides is 1. The van der Waals surface area contributed by atoms with Crippen molar-refractivity contribution in [2.75, 3.05) is 12.5 Å². The third-order valence-electron chi connectivity index (χ3n) is 1.63. The Labute approximate surface area is 96.6 Å². The van der Waals surface area contributed by atoms with Crippen LogP contribution >= 0.6 is 27.5 Å². The number of ether oxygens (including phenoxy) is 1. The van der Waals surface area contributed by atoms with E-state index < -0.39 is 6.10 Å². The molecule has 0 radical (unpaired) electrons. The molecule has 1 atom stereocenters. The molecule has 0 N–H and O–H groups in total. The largest absolute Gasteiger partial charge is 0.357 e. The van der Waals surface area contributed by atoms with E-state index in [0.717, 1.165) is 10.0 Å². The van der Waals surface area contributed by atoms with Crippen LogP contribution in [0.1, 0.15) is 11.7 Å². The predicted molar refractivity (Wildman–Crippen MR) is 59.2 cm³/mol. The van der Waals surface area contributed by atoms with Gasteiger partial charge in [-0.25, -0.2) is 0 Å². The predicted octanol–water partition coefficient (Wildman–Crippen LogP) is 3.27. The van der Waals surface area contributed by atoms with Gasteiger partial charge in [-0.2, -0.15) is 5.26 Å². The van der Waals surface area contributed by atoms with Gasteiger partial charge in [-0.15, -0.1) is 11.6 Å². The molecule has 0 bridgehead atoms. The van der Waals surface area contributed by atoms with Crippen LogP contribution < -0.4 is 0 Å². The van der Waals surface area contributed by atoms with Gasteiger partial charge >= 0.3 is 0 Å². The maximum absolute atomic E-state index is 8.86. The molecular formula is C10H9BrClNO. The Morgan fingerprint density at radius 3 is 2.93 bits per heavy atom. The highest BCUT2D eigenvalue weighted by Gasteiger charge is 2.10. The molecule has 0 aliphatic heterocycles. The number of nitrogens with zero attached hydrogens (tertiary/aromatic N) is 1. The van der Waals surface area contributed by atoms with E-state index in [9.17, 15) is 0 Å². The molecule has 0 amide bonds. The standard InChI is InChI=1S/C10H9BrClNO/c11-9-3-1-2-8(6-9)10(7-13)14-5-4-12/h1-3,6,10H,4-5H2. The van der Waals surface area contributed by atoms with Crippen molar-refractivity contribution in [1.29, 1.82) is 5.26 Å². The molecule has 0 aromatic heterocycles. The molecule has 1 aromatic rings. The smallest absolute Gasteiger partial charge is 0.169 e. The fourth-order valence-corrected chi connectivity index (χ4v) is 1.55. The van der Waals surface area contributed by atoms with E-state index in [0.29, 0.717) is 12.5 Å². The van der Waals surface area contributed by atoms with Gasteiger partial charge in [0.15, 0.2) is 6.10 Å². The zero-order valence-corrected chi connectivity index (χ0v) is 9.75. The molecule has 0 saturated carbocycles. The number of hydrogen-bond donors (Lipinski definition) is 0. The molecule has 1 aromatic carbocycles. The fraction of sp³-hybridized carbons (Fsp3) is 0.300. The van der Waals surface area contributed by atoms with E-state index >= 15 is 0 Å². The second kappa shape index (κ2) is 6.02. The first-order valence-electron chi connectivity index (χ1n) is 4.10. The van der Waals surface area contributed by atoms with Crippen molar-refractivity contribution in [3.63, 3.8) is 0 Å². The van der Waals surface area contributed by atoms with E-state index in [1.807, 2.05) is 24.3 Å². The van der Waals surface area contributed by atoms with Crippen LogP contribution in [0, 0.1) is 11.3 Å². The van der Waals surface area contributed by atoms with Gasteiger partial charge in [0.25, 0.3) is 0 Å². The number of nitriles is 1. The molecule has 4 heteroatoms. The monoisotopic (exact) mass is 273 g/mol. The fourth-order valence-electron chi connectivity index (χ4n) is 1.04. The van der Waals surface area contributed by atoms with Gasteiger partial charge in [-0.1, -0.05) is 28.1 Å². The molecule has 74 valence electrons. The Kier molecular flexibility index (Phi) is 4.95. The summed E-state index contributed by atoms with van der Waals surface area (Å²) in [5, 5.41) is 8.86. The summed E-state index contributed by atoms with van der Waals surface area (Å²) in [7, 11) is 0. The second-order valence-corrected chi connectivity index (χ2v) is 3.92. The van der Waals surface area contributed by atoms with Gasteiger partial charge in [0.05, 0.1) is 12.7 Å². The van der Waals surface area contributed by atoms with E-state index in [1.54, 1.807) is 0 Å². The first kappa shape index (κ1) is 11.5. The molecular weight excluding hydrogens is 265 g/mol. The third-order valence-corrected chi connectivity index (χ3v) is 2.28. The van der Waals surface area contributed by atoms with Crippen LogP contribution in [0.2, 0.25) is 0 Å². The minimum Gasteiger partial charge on any atom is -0.357 e. The summed E-state index contributed by atoms with van der Waals surface area (Å²) < 4.78 is 6.20. The number of rotatable bonds is 4. The maximum atomic E-state index is 8.86. The first-order chi connectivity index (χ1) is 6.77. The highest BCUT2D eigenvalue weighted by molar-refractivity contribution is 9.10. The van der Waals surface area contributed by atoms with Gasteiger partial charge in [0, 0.05) is 10.4 Å². The third kappa shape index (κ3) is 3.30. The first-order valence-corrected chi connectivity index (χ1v) is 5.43. The van der Waals surface area contributed by atoms with Gasteiger partial charge in [-0.3, -0.25) is 0 Å². The van der Waals surface area contributed by atoms with Crippen LogP contribution in [0.15, 0.2) is 28.7 Å². The second-order valence-electron chi connectivity index (χ2n) is 2.62. The van der Waals surface area contributed by atoms with Crippen molar-refractivity contribution in [2.45, 2.75) is 6.10 Å². The van der Waals surface area contributed by atoms with Crippen LogP contribution in [-0.4, -0.2) is 12.5 Å². The Bertz CT molecular complexity index is 337. The lowest BCUT2D eigenvalue weighted by molar-refractivity contribution is 0.104. The van der Waals surface area contributed by atoms with E-state index in [-0.39, 0.29) is 0 Å². The Hall–Kier alpha value is -0.560. The zero-order valence-electron chi connectivity index (χ0n) is 7.41. The maximum Gasteiger partial charge on any atom is 0.169 e. The van der Waals surface area contributed by atoms with Crippen molar-refractivity contribution in [3.8, 4) is 6.07 Å². The van der Waals surface area contributed by atoms with Gasteiger partial charge in [0.1, 0.15) is 0 Å². The summed E-state index contributed by atoms with van der Waals surface area (Å²) in [5.41, 5.74) is 0.840. The van der Waals surface area contributed by atoms with Crippen LogP contribution in [0.5, 0.6) is 0 Å². The van der Waals surface area contributed by atoms with Crippen molar-refractivity contribution in [3.05, 3.63) is 34.3 Å². The highest BCUT2D eigenvalue weighted by Crippen LogP contribution is 2.20. The lowest BCUT2D eigenvalue weighted by Crippen LogP contribution is -2.04. The minimum atomic E-state index is -0.536. The SMILES string of the molecule is N#CC(OCCCl)c1cccc(Br)c1. The molecule has 1 unspecified atom stereocenters. The van der Waals surface area contributed by atoms with Crippen LogP contribution in [0.3, 0.4) is 0 Å². The molecule has 0 aliphatic rings. The van der Waals surface area contributed by atoms with Crippen molar-refractivity contribution in [2.24, 2.45) is 0 Å². The van der Waals surface area contributed by atoms with Gasteiger partial charge in [0.2, 0.25) is 0 Å². The zero-order chi connectivity index (χ0) is 10.4. The Morgan fingerprint density at radius 1 is 1.57 bits per heavy atom. The van der Waals surface area contributed by atoms with Crippen molar-refractivity contribution in [1.82, 2.24) is 0 Å². The summed E-state index contributed by atoms with van der Waals surface area (Å²) in [5.74, 6) is 0.395. The van der Waals surface area contributed by atoms with Gasteiger partial charge < -0.3 is 4.74 Å². The topological polar surface area (TPSA) is 33.0 Å². The molecule has 1 rings (SSSR count). The molecule has 0 spiro atoms. The number of hydrogen-bond acceptors (Lipinski definition) is 2. The molecule has 14 heavy (non-hydrogen) atoms. The minimum absolute atomic E-state index is 0.381. The summed E-state index contributed by atoms with van der Waals surface area (Å²) in [6.45, 7) is 0.381. The molecule has 0 saturated heterocycles. The van der Waals surface area contributed by atoms with E-state index in [4.69, 9.17) is 21.6 Å². The summed E-state index contributed by atoms with van der Waals surface area (Å²) >= 11 is 8.81. The lowest BCUT2D eigenvalue weighted by atomic mass is 10.1. The van der Waals surface area contributed by atoms with E-state index in [1.165, 1.54) is 0 Å². The highest BCUT2D eigenvalue weighted by atomic mass is 79.9. The van der Waals surface area contributed by atoms with Crippen molar-refractivity contribution >= 4 is 27.5 Å². The molecule has 0 heterocycles. The molecule has 0 fully saturated rings. The molecule has 0 aliphatic carbocycles. The summed E-state index contributed by atoms with van der Waals surface area (Å²) in [4.78, 5) is 0. The average molecular weight is 275 g/mol. The summed E-state index contributed by atoms with van der Waals surface area (Å²) in [6, 6.07) is 9.57. The number of benzene rings is 1. The Morgan fingerprint density at radius 2 is 2.36 bits per heavy atom. The van der Waals surface area contributed by atoms with Crippen LogP contribution in [0.4, 0.5) is 0 Å². The van der Waals surface area contributed by atoms with Gasteiger partial charge in [-0.05, 0) is 17.7 Å². The normalized spacial score (nSPS) is 12.1. The van der Waals surface area contributed by atoms with E-state index in [2.05, 4.69) is 22.0 Å². The Balaban J connectivity index is 2.75. The van der Waals surface area contributed by atoms with Crippen molar-refractivity contribution < 1.29 is 4.74 Å². The summed E-state index contributed by atoms with van der Waals surface area (Å²) in [6.07, 6.45) is -0.536. The quantitative estimate of drug-likeness (QED) is 0.790. The average Bonchev–Trinajstić information content (AvgIpc) is 2.19. The molecule has 2 nitrogen and oxygen atoms in total. The number of halogens is 2.